The number of amides is 4. The molecule has 14 nitrogen and oxygen atoms in total. The van der Waals surface area contributed by atoms with E-state index >= 15 is 0 Å². The number of carbonyl (C=O) groups is 5. The van der Waals surface area contributed by atoms with E-state index in [9.17, 15) is 29.1 Å². The van der Waals surface area contributed by atoms with Crippen LogP contribution in [0, 0.1) is 11.8 Å². The molecule has 14 heteroatoms. The zero-order chi connectivity index (χ0) is 27.3. The number of carboxylic acid groups (broad SMARTS) is 1. The van der Waals surface area contributed by atoms with Gasteiger partial charge in [0.15, 0.2) is 5.96 Å². The summed E-state index contributed by atoms with van der Waals surface area (Å²) < 4.78 is 0. The normalized spacial score (nSPS) is 14.4. The zero-order valence-electron chi connectivity index (χ0n) is 20.7. The van der Waals surface area contributed by atoms with Crippen molar-refractivity contribution in [3.63, 3.8) is 0 Å². The van der Waals surface area contributed by atoms with E-state index in [1.54, 1.807) is 27.7 Å². The molecule has 0 aromatic heterocycles. The quantitative estimate of drug-likeness (QED) is 0.0631. The third kappa shape index (κ3) is 13.2. The fraction of sp³-hybridized carbons (Fsp3) is 0.714. The average Bonchev–Trinajstić information content (AvgIpc) is 2.72. The molecular weight excluding hydrogens is 460 g/mol. The van der Waals surface area contributed by atoms with Crippen molar-refractivity contribution in [2.24, 2.45) is 39.8 Å². The van der Waals surface area contributed by atoms with Gasteiger partial charge in [-0.2, -0.15) is 0 Å². The van der Waals surface area contributed by atoms with Crippen LogP contribution in [0.3, 0.4) is 0 Å². The first-order chi connectivity index (χ1) is 16.1. The number of hydrogen-bond donors (Lipinski definition) is 8. The van der Waals surface area contributed by atoms with Gasteiger partial charge in [0, 0.05) is 6.54 Å². The highest BCUT2D eigenvalue weighted by atomic mass is 16.4. The monoisotopic (exact) mass is 500 g/mol. The minimum absolute atomic E-state index is 0.0604. The maximum atomic E-state index is 13.1. The van der Waals surface area contributed by atoms with Gasteiger partial charge >= 0.3 is 5.97 Å². The summed E-state index contributed by atoms with van der Waals surface area (Å²) in [5.41, 5.74) is 21.6. The predicted molar refractivity (Wildman–Crippen MR) is 129 cm³/mol. The number of carboxylic acids is 1. The number of rotatable bonds is 16. The second kappa shape index (κ2) is 15.5. The van der Waals surface area contributed by atoms with Gasteiger partial charge < -0.3 is 44.0 Å². The van der Waals surface area contributed by atoms with E-state index in [1.807, 2.05) is 0 Å². The first-order valence-corrected chi connectivity index (χ1v) is 11.4. The van der Waals surface area contributed by atoms with E-state index < -0.39 is 60.2 Å². The summed E-state index contributed by atoms with van der Waals surface area (Å²) in [7, 11) is 0. The van der Waals surface area contributed by atoms with Crippen LogP contribution < -0.4 is 38.9 Å². The van der Waals surface area contributed by atoms with Crippen LogP contribution in [0.25, 0.3) is 0 Å². The van der Waals surface area contributed by atoms with Gasteiger partial charge in [0.1, 0.15) is 18.1 Å². The lowest BCUT2D eigenvalue weighted by molar-refractivity contribution is -0.144. The fourth-order valence-corrected chi connectivity index (χ4v) is 2.99. The van der Waals surface area contributed by atoms with Gasteiger partial charge in [0.2, 0.25) is 23.6 Å². The molecule has 0 fully saturated rings. The van der Waals surface area contributed by atoms with Crippen LogP contribution >= 0.6 is 0 Å². The van der Waals surface area contributed by atoms with Gasteiger partial charge in [-0.05, 0) is 31.1 Å². The summed E-state index contributed by atoms with van der Waals surface area (Å²) in [4.78, 5) is 64.7. The largest absolute Gasteiger partial charge is 0.480 e. The Bertz CT molecular complexity index is 782. The number of nitrogens with one attached hydrogen (secondary N) is 3. The van der Waals surface area contributed by atoms with Crippen molar-refractivity contribution in [1.82, 2.24) is 16.0 Å². The van der Waals surface area contributed by atoms with Crippen LogP contribution in [0.2, 0.25) is 0 Å². The molecule has 0 aromatic rings. The highest BCUT2D eigenvalue weighted by Crippen LogP contribution is 2.09. The Morgan fingerprint density at radius 3 is 1.80 bits per heavy atom. The van der Waals surface area contributed by atoms with Crippen LogP contribution in [0.4, 0.5) is 0 Å². The highest BCUT2D eigenvalue weighted by molar-refractivity contribution is 5.94. The Hall–Kier alpha value is -3.42. The Labute approximate surface area is 205 Å². The number of nitrogens with zero attached hydrogens (tertiary/aromatic N) is 1. The van der Waals surface area contributed by atoms with Gasteiger partial charge in [-0.3, -0.25) is 24.2 Å². The molecule has 0 aliphatic rings. The lowest BCUT2D eigenvalue weighted by Crippen LogP contribution is -2.58. The molecule has 0 aliphatic carbocycles. The molecule has 4 unspecified atom stereocenters. The topological polar surface area (TPSA) is 258 Å². The van der Waals surface area contributed by atoms with Crippen LogP contribution in [0.15, 0.2) is 4.99 Å². The van der Waals surface area contributed by atoms with Crippen molar-refractivity contribution in [1.29, 1.82) is 0 Å². The van der Waals surface area contributed by atoms with E-state index in [0.717, 1.165) is 0 Å². The van der Waals surface area contributed by atoms with Gasteiger partial charge in [0.25, 0.3) is 0 Å². The fourth-order valence-electron chi connectivity index (χ4n) is 2.99. The maximum Gasteiger partial charge on any atom is 0.326 e. The average molecular weight is 501 g/mol. The summed E-state index contributed by atoms with van der Waals surface area (Å²) in [5.74, 6) is -4.72. The minimum Gasteiger partial charge on any atom is -0.480 e. The number of primary amides is 1. The van der Waals surface area contributed by atoms with E-state index in [-0.39, 0.29) is 37.2 Å². The van der Waals surface area contributed by atoms with Crippen molar-refractivity contribution in [3.8, 4) is 0 Å². The van der Waals surface area contributed by atoms with E-state index in [0.29, 0.717) is 6.42 Å². The summed E-state index contributed by atoms with van der Waals surface area (Å²) in [6.07, 6.45) is 0.0448. The molecule has 0 saturated heterocycles. The second-order valence-corrected chi connectivity index (χ2v) is 9.04. The molecule has 0 bridgehead atoms. The Kier molecular flexibility index (Phi) is 14.0. The maximum absolute atomic E-state index is 13.1. The molecule has 0 spiro atoms. The highest BCUT2D eigenvalue weighted by Gasteiger charge is 2.31. The summed E-state index contributed by atoms with van der Waals surface area (Å²) in [6.45, 7) is 7.33. The summed E-state index contributed by atoms with van der Waals surface area (Å²) >= 11 is 0. The second-order valence-electron chi connectivity index (χ2n) is 9.04. The molecule has 0 heterocycles. The number of hydrogen-bond acceptors (Lipinski definition) is 7. The molecule has 200 valence electrons. The summed E-state index contributed by atoms with van der Waals surface area (Å²) in [6, 6.07) is -4.59. The molecule has 0 aromatic carbocycles. The molecule has 12 N–H and O–H groups in total. The molecule has 0 radical (unpaired) electrons. The van der Waals surface area contributed by atoms with Crippen LogP contribution in [0.5, 0.6) is 0 Å². The first-order valence-electron chi connectivity index (χ1n) is 11.4. The summed E-state index contributed by atoms with van der Waals surface area (Å²) in [5, 5.41) is 16.7. The number of aliphatic imine (C=N–C) groups is 1. The van der Waals surface area contributed by atoms with Crippen LogP contribution in [-0.4, -0.2) is 71.4 Å². The van der Waals surface area contributed by atoms with Gasteiger partial charge in [-0.25, -0.2) is 4.79 Å². The number of guanidine groups is 1. The lowest BCUT2D eigenvalue weighted by Gasteiger charge is -2.26. The molecule has 4 atom stereocenters. The van der Waals surface area contributed by atoms with Crippen molar-refractivity contribution < 1.29 is 29.1 Å². The van der Waals surface area contributed by atoms with E-state index in [1.165, 1.54) is 0 Å². The third-order valence-corrected chi connectivity index (χ3v) is 4.96. The SMILES string of the molecule is CC(C)CC(NC(=O)C(CCCN=C(N)N)NC(=O)C(N)C(C)C)C(=O)NC(CC(N)=O)C(=O)O. The first kappa shape index (κ1) is 31.6. The Balaban J connectivity index is 5.63. The van der Waals surface area contributed by atoms with Crippen molar-refractivity contribution in [2.45, 2.75) is 77.5 Å². The molecule has 0 rings (SSSR count). The smallest absolute Gasteiger partial charge is 0.326 e. The molecule has 0 saturated carbocycles. The number of nitrogens with two attached hydrogens (primary N) is 4. The van der Waals surface area contributed by atoms with Crippen LogP contribution in [-0.2, 0) is 24.0 Å². The van der Waals surface area contributed by atoms with Crippen molar-refractivity contribution >= 4 is 35.6 Å². The molecule has 35 heavy (non-hydrogen) atoms. The van der Waals surface area contributed by atoms with Gasteiger partial charge in [-0.1, -0.05) is 27.7 Å². The van der Waals surface area contributed by atoms with E-state index in [4.69, 9.17) is 22.9 Å². The lowest BCUT2D eigenvalue weighted by atomic mass is 10.0. The Morgan fingerprint density at radius 1 is 0.829 bits per heavy atom. The van der Waals surface area contributed by atoms with Gasteiger partial charge in [0.05, 0.1) is 12.5 Å². The minimum atomic E-state index is -1.55. The Morgan fingerprint density at radius 2 is 1.34 bits per heavy atom. The van der Waals surface area contributed by atoms with Crippen LogP contribution in [0.1, 0.15) is 53.4 Å². The third-order valence-electron chi connectivity index (χ3n) is 4.96. The zero-order valence-corrected chi connectivity index (χ0v) is 20.7. The molecule has 4 amide bonds. The predicted octanol–water partition coefficient (Wildman–Crippen LogP) is -2.52. The number of carbonyl (C=O) groups excluding carboxylic acids is 4. The number of aliphatic carboxylic acids is 1. The molecular formula is C21H40N8O6. The van der Waals surface area contributed by atoms with E-state index in [2.05, 4.69) is 20.9 Å². The van der Waals surface area contributed by atoms with Crippen molar-refractivity contribution in [3.05, 3.63) is 0 Å². The van der Waals surface area contributed by atoms with Gasteiger partial charge in [-0.15, -0.1) is 0 Å². The molecule has 0 aliphatic heterocycles. The van der Waals surface area contributed by atoms with Crippen molar-refractivity contribution in [2.75, 3.05) is 6.54 Å². The standard InChI is InChI=1S/C21H40N8O6/c1-10(2)8-13(18(32)29-14(20(34)35)9-15(22)30)28-17(31)12(6-5-7-26-21(24)25)27-19(33)16(23)11(3)4/h10-14,16H,5-9,23H2,1-4H3,(H2,22,30)(H,27,33)(H,28,31)(H,29,32)(H,34,35)(H4,24,25,26).